The first kappa shape index (κ1) is 15.4. The quantitative estimate of drug-likeness (QED) is 0.731. The molecule has 1 saturated carbocycles. The third kappa shape index (κ3) is 4.94. The predicted octanol–water partition coefficient (Wildman–Crippen LogP) is 1.95. The number of hydrogen-bond donors (Lipinski definition) is 2. The van der Waals surface area contributed by atoms with Gasteiger partial charge >= 0.3 is 5.97 Å². The zero-order valence-corrected chi connectivity index (χ0v) is 12.0. The summed E-state index contributed by atoms with van der Waals surface area (Å²) in [7, 11) is 2.13. The van der Waals surface area contributed by atoms with Crippen LogP contribution in [0.5, 0.6) is 0 Å². The molecule has 0 heterocycles. The van der Waals surface area contributed by atoms with Crippen LogP contribution >= 0.6 is 0 Å². The normalized spacial score (nSPS) is 26.2. The van der Waals surface area contributed by atoms with Crippen LogP contribution in [0.25, 0.3) is 0 Å². The van der Waals surface area contributed by atoms with E-state index in [1.165, 1.54) is 25.7 Å². The second-order valence-electron chi connectivity index (χ2n) is 5.64. The monoisotopic (exact) mass is 256 g/mol. The van der Waals surface area contributed by atoms with Crippen LogP contribution < -0.4 is 5.32 Å². The first-order chi connectivity index (χ1) is 8.54. The average Bonchev–Trinajstić information content (AvgIpc) is 2.33. The lowest BCUT2D eigenvalue weighted by molar-refractivity contribution is -0.139. The fourth-order valence-corrected chi connectivity index (χ4v) is 2.88. The van der Waals surface area contributed by atoms with Gasteiger partial charge in [-0.2, -0.15) is 0 Å². The molecular formula is C14H28N2O2. The molecule has 1 aliphatic carbocycles. The molecule has 106 valence electrons. The van der Waals surface area contributed by atoms with E-state index in [9.17, 15) is 4.79 Å². The molecule has 4 nitrogen and oxygen atoms in total. The highest BCUT2D eigenvalue weighted by Crippen LogP contribution is 2.26. The summed E-state index contributed by atoms with van der Waals surface area (Å²) in [6, 6.07) is 0.239. The van der Waals surface area contributed by atoms with Crippen LogP contribution in [-0.2, 0) is 4.79 Å². The van der Waals surface area contributed by atoms with Crippen molar-refractivity contribution in [2.45, 2.75) is 58.0 Å². The summed E-state index contributed by atoms with van der Waals surface area (Å²) in [5, 5.41) is 12.1. The van der Waals surface area contributed by atoms with E-state index in [2.05, 4.69) is 24.2 Å². The molecule has 0 radical (unpaired) electrons. The fraction of sp³-hybridized carbons (Fsp3) is 0.929. The van der Waals surface area contributed by atoms with Gasteiger partial charge in [0.25, 0.3) is 0 Å². The lowest BCUT2D eigenvalue weighted by Gasteiger charge is -2.34. The molecule has 1 fully saturated rings. The van der Waals surface area contributed by atoms with Gasteiger partial charge in [0.2, 0.25) is 0 Å². The Bertz CT molecular complexity index is 258. The molecule has 18 heavy (non-hydrogen) atoms. The molecule has 0 spiro atoms. The van der Waals surface area contributed by atoms with Gasteiger partial charge in [-0.25, -0.2) is 0 Å². The van der Waals surface area contributed by atoms with Crippen molar-refractivity contribution in [3.63, 3.8) is 0 Å². The number of hydrogen-bond acceptors (Lipinski definition) is 3. The van der Waals surface area contributed by atoms with Crippen molar-refractivity contribution >= 4 is 5.97 Å². The van der Waals surface area contributed by atoms with Gasteiger partial charge in [0.1, 0.15) is 6.04 Å². The van der Waals surface area contributed by atoms with Crippen molar-refractivity contribution in [2.75, 3.05) is 20.1 Å². The average molecular weight is 256 g/mol. The Morgan fingerprint density at radius 2 is 2.22 bits per heavy atom. The molecular weight excluding hydrogens is 228 g/mol. The lowest BCUT2D eigenvalue weighted by Crippen LogP contribution is -2.42. The van der Waals surface area contributed by atoms with Gasteiger partial charge < -0.3 is 15.3 Å². The summed E-state index contributed by atoms with van der Waals surface area (Å²) in [6.07, 6.45) is 5.87. The van der Waals surface area contributed by atoms with Crippen molar-refractivity contribution in [2.24, 2.45) is 5.92 Å². The third-order valence-corrected chi connectivity index (χ3v) is 4.05. The number of nitrogens with one attached hydrogen (secondary N) is 1. The molecule has 0 aromatic rings. The highest BCUT2D eigenvalue weighted by atomic mass is 16.4. The van der Waals surface area contributed by atoms with E-state index < -0.39 is 12.0 Å². The molecule has 0 bridgehead atoms. The summed E-state index contributed by atoms with van der Waals surface area (Å²) in [5.41, 5.74) is 0. The van der Waals surface area contributed by atoms with E-state index in [0.717, 1.165) is 12.5 Å². The van der Waals surface area contributed by atoms with Crippen LogP contribution in [0.4, 0.5) is 0 Å². The number of rotatable bonds is 7. The van der Waals surface area contributed by atoms with Crippen LogP contribution in [0.3, 0.4) is 0 Å². The topological polar surface area (TPSA) is 52.6 Å². The predicted molar refractivity (Wildman–Crippen MR) is 73.8 cm³/mol. The third-order valence-electron chi connectivity index (χ3n) is 4.05. The summed E-state index contributed by atoms with van der Waals surface area (Å²) in [5.74, 6) is 0.0810. The molecule has 4 heteroatoms. The number of carboxylic acids is 1. The molecule has 0 saturated heterocycles. The Morgan fingerprint density at radius 3 is 2.78 bits per heavy atom. The summed E-state index contributed by atoms with van der Waals surface area (Å²) in [4.78, 5) is 13.4. The standard InChI is InChI=1S/C14H28N2O2/c1-4-15-13(14(17)18)8-9-16(3)12-7-5-6-11(2)10-12/h11-13,15H,4-10H2,1-3H3,(H,17,18). The van der Waals surface area contributed by atoms with Crippen LogP contribution in [0.15, 0.2) is 0 Å². The van der Waals surface area contributed by atoms with Gasteiger partial charge in [0, 0.05) is 12.6 Å². The molecule has 0 aliphatic heterocycles. The Balaban J connectivity index is 2.34. The summed E-state index contributed by atoms with van der Waals surface area (Å²) in [6.45, 7) is 5.84. The van der Waals surface area contributed by atoms with Crippen LogP contribution in [0, 0.1) is 5.92 Å². The van der Waals surface area contributed by atoms with E-state index in [1.54, 1.807) is 0 Å². The SMILES string of the molecule is CCNC(CCN(C)C1CCCC(C)C1)C(=O)O. The summed E-state index contributed by atoms with van der Waals surface area (Å²) < 4.78 is 0. The van der Waals surface area contributed by atoms with E-state index in [4.69, 9.17) is 5.11 Å². The largest absolute Gasteiger partial charge is 0.480 e. The van der Waals surface area contributed by atoms with Crippen molar-refractivity contribution in [3.8, 4) is 0 Å². The van der Waals surface area contributed by atoms with Crippen LogP contribution in [-0.4, -0.2) is 48.2 Å². The Hall–Kier alpha value is -0.610. The molecule has 1 rings (SSSR count). The van der Waals surface area contributed by atoms with E-state index >= 15 is 0 Å². The minimum absolute atomic E-state index is 0.404. The van der Waals surface area contributed by atoms with E-state index in [1.807, 2.05) is 6.92 Å². The Morgan fingerprint density at radius 1 is 1.50 bits per heavy atom. The van der Waals surface area contributed by atoms with Crippen molar-refractivity contribution in [1.29, 1.82) is 0 Å². The number of carboxylic acid groups (broad SMARTS) is 1. The first-order valence-electron chi connectivity index (χ1n) is 7.21. The maximum atomic E-state index is 11.0. The zero-order chi connectivity index (χ0) is 13.5. The molecule has 2 N–H and O–H groups in total. The summed E-state index contributed by atoms with van der Waals surface area (Å²) >= 11 is 0. The van der Waals surface area contributed by atoms with Gasteiger partial charge in [-0.05, 0) is 38.8 Å². The highest BCUT2D eigenvalue weighted by molar-refractivity contribution is 5.73. The van der Waals surface area contributed by atoms with Crippen molar-refractivity contribution < 1.29 is 9.90 Å². The van der Waals surface area contributed by atoms with E-state index in [-0.39, 0.29) is 0 Å². The Kier molecular flexibility index (Phi) is 6.65. The van der Waals surface area contributed by atoms with Crippen molar-refractivity contribution in [1.82, 2.24) is 10.2 Å². The van der Waals surface area contributed by atoms with Gasteiger partial charge in [-0.1, -0.05) is 26.7 Å². The number of carbonyl (C=O) groups is 1. The fourth-order valence-electron chi connectivity index (χ4n) is 2.88. The van der Waals surface area contributed by atoms with Gasteiger partial charge in [-0.15, -0.1) is 0 Å². The molecule has 0 aromatic heterocycles. The van der Waals surface area contributed by atoms with Gasteiger partial charge in [0.15, 0.2) is 0 Å². The van der Waals surface area contributed by atoms with Gasteiger partial charge in [-0.3, -0.25) is 4.79 Å². The van der Waals surface area contributed by atoms with Crippen LogP contribution in [0.2, 0.25) is 0 Å². The van der Waals surface area contributed by atoms with E-state index in [0.29, 0.717) is 19.0 Å². The first-order valence-corrected chi connectivity index (χ1v) is 7.21. The smallest absolute Gasteiger partial charge is 0.320 e. The molecule has 0 amide bonds. The number of aliphatic carboxylic acids is 1. The lowest BCUT2D eigenvalue weighted by atomic mass is 9.86. The second-order valence-corrected chi connectivity index (χ2v) is 5.64. The minimum Gasteiger partial charge on any atom is -0.480 e. The second kappa shape index (κ2) is 7.74. The molecule has 3 unspecified atom stereocenters. The minimum atomic E-state index is -0.734. The maximum Gasteiger partial charge on any atom is 0.320 e. The van der Waals surface area contributed by atoms with Crippen molar-refractivity contribution in [3.05, 3.63) is 0 Å². The van der Waals surface area contributed by atoms with Gasteiger partial charge in [0.05, 0.1) is 0 Å². The van der Waals surface area contributed by atoms with Crippen LogP contribution in [0.1, 0.15) is 46.0 Å². The zero-order valence-electron chi connectivity index (χ0n) is 12.0. The number of nitrogens with zero attached hydrogens (tertiary/aromatic N) is 1. The highest BCUT2D eigenvalue weighted by Gasteiger charge is 2.23. The Labute approximate surface area is 111 Å². The molecule has 3 atom stereocenters. The molecule has 1 aliphatic rings. The maximum absolute atomic E-state index is 11.0. The number of likely N-dealkylation sites (N-methyl/N-ethyl adjacent to an activating group) is 1. The molecule has 0 aromatic carbocycles.